The minimum atomic E-state index is 0.465. The van der Waals surface area contributed by atoms with E-state index in [1.165, 1.54) is 0 Å². The van der Waals surface area contributed by atoms with E-state index in [9.17, 15) is 0 Å². The van der Waals surface area contributed by atoms with Gasteiger partial charge in [0.05, 0.1) is 30.4 Å². The van der Waals surface area contributed by atoms with Crippen molar-refractivity contribution >= 4 is 16.9 Å². The second-order valence-corrected chi connectivity index (χ2v) is 5.12. The Morgan fingerprint density at radius 2 is 2.00 bits per heavy atom. The Bertz CT molecular complexity index is 569. The monoisotopic (exact) mass is 272 g/mol. The summed E-state index contributed by atoms with van der Waals surface area (Å²) in [5.41, 5.74) is 1.86. The Kier molecular flexibility index (Phi) is 4.08. The number of fused-ring (bicyclic) bond motifs is 1. The maximum Gasteiger partial charge on any atom is 0.145 e. The van der Waals surface area contributed by atoms with E-state index in [1.54, 1.807) is 6.20 Å². The third-order valence-corrected chi connectivity index (χ3v) is 3.70. The van der Waals surface area contributed by atoms with Gasteiger partial charge in [0, 0.05) is 25.7 Å². The summed E-state index contributed by atoms with van der Waals surface area (Å²) in [6.07, 6.45) is 1.80. The number of para-hydroxylation sites is 2. The summed E-state index contributed by atoms with van der Waals surface area (Å²) in [5, 5.41) is 3.38. The second kappa shape index (κ2) is 6.15. The molecule has 1 N–H and O–H groups in total. The van der Waals surface area contributed by atoms with Crippen LogP contribution in [0.1, 0.15) is 6.92 Å². The molecule has 2 aromatic rings. The van der Waals surface area contributed by atoms with Crippen LogP contribution in [-0.4, -0.2) is 53.8 Å². The molecule has 0 bridgehead atoms. The SMILES string of the molecule is C[C@H](CNc1cnc2ccccc2n1)N1CCOCC1. The number of rotatable bonds is 4. The number of benzene rings is 1. The molecule has 5 nitrogen and oxygen atoms in total. The molecule has 0 radical (unpaired) electrons. The first-order valence-electron chi connectivity index (χ1n) is 7.10. The molecule has 0 saturated carbocycles. The van der Waals surface area contributed by atoms with E-state index in [0.717, 1.165) is 49.7 Å². The molecule has 3 rings (SSSR count). The van der Waals surface area contributed by atoms with Crippen LogP contribution in [0.2, 0.25) is 0 Å². The number of hydrogen-bond acceptors (Lipinski definition) is 5. The van der Waals surface area contributed by atoms with Gasteiger partial charge in [-0.3, -0.25) is 9.88 Å². The van der Waals surface area contributed by atoms with E-state index in [2.05, 4.69) is 27.1 Å². The van der Waals surface area contributed by atoms with Crippen molar-refractivity contribution < 1.29 is 4.74 Å². The van der Waals surface area contributed by atoms with Crippen molar-refractivity contribution in [1.82, 2.24) is 14.9 Å². The Morgan fingerprint density at radius 1 is 1.25 bits per heavy atom. The first-order valence-corrected chi connectivity index (χ1v) is 7.10. The summed E-state index contributed by atoms with van der Waals surface area (Å²) in [6.45, 7) is 6.78. The van der Waals surface area contributed by atoms with Crippen molar-refractivity contribution in [3.05, 3.63) is 30.5 Å². The molecule has 0 aliphatic carbocycles. The van der Waals surface area contributed by atoms with Crippen LogP contribution >= 0.6 is 0 Å². The molecule has 1 aromatic heterocycles. The Hall–Kier alpha value is -1.72. The molecule has 106 valence electrons. The molecule has 0 amide bonds. The van der Waals surface area contributed by atoms with Gasteiger partial charge in [-0.1, -0.05) is 12.1 Å². The van der Waals surface area contributed by atoms with E-state index >= 15 is 0 Å². The van der Waals surface area contributed by atoms with Crippen molar-refractivity contribution in [3.8, 4) is 0 Å². The first kappa shape index (κ1) is 13.3. The van der Waals surface area contributed by atoms with Gasteiger partial charge >= 0.3 is 0 Å². The van der Waals surface area contributed by atoms with Gasteiger partial charge in [0.15, 0.2) is 0 Å². The van der Waals surface area contributed by atoms with Gasteiger partial charge in [0.1, 0.15) is 5.82 Å². The molecule has 1 aliphatic heterocycles. The minimum Gasteiger partial charge on any atom is -0.379 e. The van der Waals surface area contributed by atoms with Crippen LogP contribution in [0.15, 0.2) is 30.5 Å². The van der Waals surface area contributed by atoms with Crippen molar-refractivity contribution in [1.29, 1.82) is 0 Å². The number of nitrogens with one attached hydrogen (secondary N) is 1. The molecule has 20 heavy (non-hydrogen) atoms. The quantitative estimate of drug-likeness (QED) is 0.919. The van der Waals surface area contributed by atoms with Crippen molar-refractivity contribution in [2.24, 2.45) is 0 Å². The topological polar surface area (TPSA) is 50.3 Å². The average Bonchev–Trinajstić information content (AvgIpc) is 2.53. The molecule has 1 fully saturated rings. The molecule has 1 saturated heterocycles. The molecule has 0 spiro atoms. The summed E-state index contributed by atoms with van der Waals surface area (Å²) < 4.78 is 5.38. The number of anilines is 1. The smallest absolute Gasteiger partial charge is 0.145 e. The number of morpholine rings is 1. The van der Waals surface area contributed by atoms with Crippen LogP contribution in [0.5, 0.6) is 0 Å². The summed E-state index contributed by atoms with van der Waals surface area (Å²) in [4.78, 5) is 11.4. The van der Waals surface area contributed by atoms with Crippen LogP contribution in [0.4, 0.5) is 5.82 Å². The zero-order chi connectivity index (χ0) is 13.8. The van der Waals surface area contributed by atoms with Gasteiger partial charge < -0.3 is 10.1 Å². The van der Waals surface area contributed by atoms with Gasteiger partial charge in [-0.2, -0.15) is 0 Å². The van der Waals surface area contributed by atoms with E-state index < -0.39 is 0 Å². The zero-order valence-corrected chi connectivity index (χ0v) is 11.7. The summed E-state index contributed by atoms with van der Waals surface area (Å²) in [5.74, 6) is 0.837. The van der Waals surface area contributed by atoms with Crippen molar-refractivity contribution in [3.63, 3.8) is 0 Å². The lowest BCUT2D eigenvalue weighted by molar-refractivity contribution is 0.0227. The van der Waals surface area contributed by atoms with E-state index in [1.807, 2.05) is 24.3 Å². The van der Waals surface area contributed by atoms with Crippen LogP contribution < -0.4 is 5.32 Å². The lowest BCUT2D eigenvalue weighted by Crippen LogP contribution is -2.45. The fourth-order valence-electron chi connectivity index (χ4n) is 2.44. The lowest BCUT2D eigenvalue weighted by Gasteiger charge is -2.32. The first-order chi connectivity index (χ1) is 9.83. The highest BCUT2D eigenvalue weighted by atomic mass is 16.5. The third-order valence-electron chi connectivity index (χ3n) is 3.70. The fourth-order valence-corrected chi connectivity index (χ4v) is 2.44. The Morgan fingerprint density at radius 3 is 2.80 bits per heavy atom. The Labute approximate surface area is 119 Å². The van der Waals surface area contributed by atoms with Crippen LogP contribution in [-0.2, 0) is 4.74 Å². The minimum absolute atomic E-state index is 0.465. The van der Waals surface area contributed by atoms with Gasteiger partial charge in [-0.15, -0.1) is 0 Å². The summed E-state index contributed by atoms with van der Waals surface area (Å²) >= 11 is 0. The highest BCUT2D eigenvalue weighted by Gasteiger charge is 2.16. The average molecular weight is 272 g/mol. The van der Waals surface area contributed by atoms with E-state index in [0.29, 0.717) is 6.04 Å². The molecule has 1 atom stereocenters. The standard InChI is InChI=1S/C15H20N4O/c1-12(19-6-8-20-9-7-19)10-17-15-11-16-13-4-2-3-5-14(13)18-15/h2-5,11-12H,6-10H2,1H3,(H,17,18)/t12-/m1/s1. The van der Waals surface area contributed by atoms with Gasteiger partial charge in [-0.25, -0.2) is 4.98 Å². The summed E-state index contributed by atoms with van der Waals surface area (Å²) in [6, 6.07) is 8.38. The number of ether oxygens (including phenoxy) is 1. The molecule has 5 heteroatoms. The molecule has 1 aromatic carbocycles. The lowest BCUT2D eigenvalue weighted by atomic mass is 10.2. The fraction of sp³-hybridized carbons (Fsp3) is 0.467. The maximum absolute atomic E-state index is 5.38. The number of nitrogens with zero attached hydrogens (tertiary/aromatic N) is 3. The van der Waals surface area contributed by atoms with Crippen LogP contribution in [0.25, 0.3) is 11.0 Å². The summed E-state index contributed by atoms with van der Waals surface area (Å²) in [7, 11) is 0. The normalized spacial score (nSPS) is 18.1. The molecule has 1 aliphatic rings. The second-order valence-electron chi connectivity index (χ2n) is 5.12. The Balaban J connectivity index is 1.61. The van der Waals surface area contributed by atoms with Crippen molar-refractivity contribution in [2.75, 3.05) is 38.2 Å². The third kappa shape index (κ3) is 3.05. The van der Waals surface area contributed by atoms with Gasteiger partial charge in [0.25, 0.3) is 0 Å². The molecule has 0 unspecified atom stereocenters. The maximum atomic E-state index is 5.38. The van der Waals surface area contributed by atoms with Gasteiger partial charge in [0.2, 0.25) is 0 Å². The van der Waals surface area contributed by atoms with E-state index in [4.69, 9.17) is 4.74 Å². The molecular formula is C15H20N4O. The molecular weight excluding hydrogens is 252 g/mol. The number of hydrogen-bond donors (Lipinski definition) is 1. The highest BCUT2D eigenvalue weighted by molar-refractivity contribution is 5.75. The number of aromatic nitrogens is 2. The predicted octanol–water partition coefficient (Wildman–Crippen LogP) is 1.76. The van der Waals surface area contributed by atoms with E-state index in [-0.39, 0.29) is 0 Å². The largest absolute Gasteiger partial charge is 0.379 e. The predicted molar refractivity (Wildman–Crippen MR) is 79.9 cm³/mol. The van der Waals surface area contributed by atoms with Gasteiger partial charge in [-0.05, 0) is 19.1 Å². The highest BCUT2D eigenvalue weighted by Crippen LogP contribution is 2.12. The van der Waals surface area contributed by atoms with Crippen LogP contribution in [0, 0.1) is 0 Å². The zero-order valence-electron chi connectivity index (χ0n) is 11.7. The van der Waals surface area contributed by atoms with Crippen molar-refractivity contribution in [2.45, 2.75) is 13.0 Å². The molecule has 2 heterocycles. The van der Waals surface area contributed by atoms with Crippen LogP contribution in [0.3, 0.4) is 0 Å².